The highest BCUT2D eigenvalue weighted by molar-refractivity contribution is 7.90. The van der Waals surface area contributed by atoms with E-state index in [2.05, 4.69) is 39.3 Å². The molecule has 5 rings (SSSR count). The van der Waals surface area contributed by atoms with Crippen LogP contribution < -0.4 is 20.5 Å². The number of guanidine groups is 1. The fourth-order valence-electron chi connectivity index (χ4n) is 6.90. The predicted octanol–water partition coefficient (Wildman–Crippen LogP) is 5.25. The SMILES string of the molecule is Cc1c(C)c(S(=O)(=O)NC(N)=NCCCC[C@H](NC(=O)CCC2c3ccccc3-c3ccccc32)C(=O)O)c(C)c2c1OC(C)(C)C2. The van der Waals surface area contributed by atoms with Crippen molar-refractivity contribution < 1.29 is 27.9 Å². The van der Waals surface area contributed by atoms with E-state index in [0.29, 0.717) is 36.8 Å². The lowest BCUT2D eigenvalue weighted by atomic mass is 9.92. The Labute approximate surface area is 276 Å². The van der Waals surface area contributed by atoms with Gasteiger partial charge in [0.2, 0.25) is 11.9 Å². The van der Waals surface area contributed by atoms with E-state index in [9.17, 15) is 23.1 Å². The molecule has 250 valence electrons. The van der Waals surface area contributed by atoms with Crippen LogP contribution in [-0.4, -0.2) is 49.5 Å². The van der Waals surface area contributed by atoms with Crippen LogP contribution in [0.15, 0.2) is 58.4 Å². The van der Waals surface area contributed by atoms with Gasteiger partial charge in [-0.3, -0.25) is 9.79 Å². The van der Waals surface area contributed by atoms with Crippen molar-refractivity contribution >= 4 is 27.9 Å². The highest BCUT2D eigenvalue weighted by Gasteiger charge is 2.37. The van der Waals surface area contributed by atoms with Crippen LogP contribution in [0.3, 0.4) is 0 Å². The van der Waals surface area contributed by atoms with Gasteiger partial charge in [-0.25, -0.2) is 17.9 Å². The number of rotatable bonds is 12. The number of nitrogens with two attached hydrogens (primary N) is 1. The lowest BCUT2D eigenvalue weighted by molar-refractivity contribution is -0.142. The minimum atomic E-state index is -4.01. The first-order valence-electron chi connectivity index (χ1n) is 16.0. The molecule has 47 heavy (non-hydrogen) atoms. The van der Waals surface area contributed by atoms with Crippen LogP contribution in [0.1, 0.15) is 85.3 Å². The smallest absolute Gasteiger partial charge is 0.326 e. The van der Waals surface area contributed by atoms with Gasteiger partial charge in [-0.1, -0.05) is 48.5 Å². The standard InChI is InChI=1S/C36H44N4O6S/c1-21-22(2)33(23(3)29-20-36(4,5)46-32(21)29)47(44,45)40-35(37)38-19-11-10-16-30(34(42)43)39-31(41)18-17-28-26-14-8-6-12-24(26)25-13-7-9-15-27(25)28/h6-9,12-15,28,30H,10-11,16-20H2,1-5H3,(H,39,41)(H,42,43)(H3,37,38,40)/t30-/m0/s1. The van der Waals surface area contributed by atoms with E-state index in [1.165, 1.54) is 22.3 Å². The molecule has 1 amide bonds. The number of carbonyl (C=O) groups excluding carboxylic acids is 1. The first-order chi connectivity index (χ1) is 22.2. The molecule has 5 N–H and O–H groups in total. The second kappa shape index (κ2) is 13.4. The number of aliphatic imine (C=N–C) groups is 1. The Morgan fingerprint density at radius 1 is 1.00 bits per heavy atom. The highest BCUT2D eigenvalue weighted by Crippen LogP contribution is 2.46. The summed E-state index contributed by atoms with van der Waals surface area (Å²) < 4.78 is 35.3. The van der Waals surface area contributed by atoms with Crippen molar-refractivity contribution in [1.29, 1.82) is 0 Å². The summed E-state index contributed by atoms with van der Waals surface area (Å²) in [5.74, 6) is -0.824. The molecule has 0 radical (unpaired) electrons. The molecule has 10 nitrogen and oxygen atoms in total. The summed E-state index contributed by atoms with van der Waals surface area (Å²) in [5.41, 5.74) is 13.2. The van der Waals surface area contributed by atoms with E-state index in [4.69, 9.17) is 10.5 Å². The molecule has 0 spiro atoms. The third-order valence-electron chi connectivity index (χ3n) is 9.24. The number of aliphatic carboxylic acids is 1. The Morgan fingerprint density at radius 3 is 2.23 bits per heavy atom. The van der Waals surface area contributed by atoms with Gasteiger partial charge in [-0.2, -0.15) is 0 Å². The molecule has 0 unspecified atom stereocenters. The number of nitrogens with zero attached hydrogens (tertiary/aromatic N) is 1. The number of amides is 1. The van der Waals surface area contributed by atoms with Gasteiger partial charge in [-0.05, 0) is 99.2 Å². The number of carboxylic acid groups (broad SMARTS) is 1. The largest absolute Gasteiger partial charge is 0.487 e. The van der Waals surface area contributed by atoms with Crippen molar-refractivity contribution in [2.45, 2.75) is 95.6 Å². The number of benzene rings is 3. The molecule has 0 saturated carbocycles. The van der Waals surface area contributed by atoms with E-state index >= 15 is 0 Å². The second-order valence-corrected chi connectivity index (χ2v) is 14.8. The predicted molar refractivity (Wildman–Crippen MR) is 182 cm³/mol. The zero-order valence-corrected chi connectivity index (χ0v) is 28.5. The topological polar surface area (TPSA) is 160 Å². The second-order valence-electron chi connectivity index (χ2n) is 13.1. The van der Waals surface area contributed by atoms with Gasteiger partial charge in [0.15, 0.2) is 0 Å². The van der Waals surface area contributed by atoms with E-state index in [1.54, 1.807) is 13.8 Å². The number of sulfonamides is 1. The third kappa shape index (κ3) is 7.15. The average Bonchev–Trinajstić information content (AvgIpc) is 3.51. The number of fused-ring (bicyclic) bond motifs is 4. The van der Waals surface area contributed by atoms with Gasteiger partial charge in [0.25, 0.3) is 10.0 Å². The Balaban J connectivity index is 1.12. The number of unbranched alkanes of at least 4 members (excludes halogenated alkanes) is 1. The lowest BCUT2D eigenvalue weighted by Gasteiger charge is -2.19. The average molecular weight is 661 g/mol. The third-order valence-corrected chi connectivity index (χ3v) is 10.9. The zero-order valence-electron chi connectivity index (χ0n) is 27.6. The molecular formula is C36H44N4O6S. The van der Waals surface area contributed by atoms with Gasteiger partial charge in [0, 0.05) is 30.9 Å². The maximum absolute atomic E-state index is 13.4. The van der Waals surface area contributed by atoms with Gasteiger partial charge >= 0.3 is 5.97 Å². The summed E-state index contributed by atoms with van der Waals surface area (Å²) >= 11 is 0. The Kier molecular flexibility index (Phi) is 9.68. The Morgan fingerprint density at radius 2 is 1.62 bits per heavy atom. The molecule has 1 aliphatic carbocycles. The number of hydrogen-bond acceptors (Lipinski definition) is 6. The number of ether oxygens (including phenoxy) is 1. The summed E-state index contributed by atoms with van der Waals surface area (Å²) in [7, 11) is -4.01. The van der Waals surface area contributed by atoms with E-state index in [0.717, 1.165) is 16.9 Å². The first-order valence-corrected chi connectivity index (χ1v) is 17.5. The fraction of sp³-hybridized carbons (Fsp3) is 0.417. The van der Waals surface area contributed by atoms with Crippen LogP contribution >= 0.6 is 0 Å². The van der Waals surface area contributed by atoms with Gasteiger partial charge in [0.05, 0.1) is 4.90 Å². The number of carboxylic acids is 1. The van der Waals surface area contributed by atoms with Crippen LogP contribution in [0.2, 0.25) is 0 Å². The van der Waals surface area contributed by atoms with E-state index in [-0.39, 0.29) is 42.1 Å². The lowest BCUT2D eigenvalue weighted by Crippen LogP contribution is -2.40. The number of hydrogen-bond donors (Lipinski definition) is 4. The van der Waals surface area contributed by atoms with Crippen molar-refractivity contribution in [3.05, 3.63) is 81.9 Å². The molecule has 1 aliphatic heterocycles. The minimum Gasteiger partial charge on any atom is -0.487 e. The zero-order chi connectivity index (χ0) is 34.1. The van der Waals surface area contributed by atoms with Crippen LogP contribution in [0.5, 0.6) is 5.75 Å². The summed E-state index contributed by atoms with van der Waals surface area (Å²) in [6.45, 7) is 9.53. The fourth-order valence-corrected chi connectivity index (χ4v) is 8.42. The van der Waals surface area contributed by atoms with Crippen molar-refractivity contribution in [3.63, 3.8) is 0 Å². The molecule has 3 aromatic carbocycles. The molecule has 1 heterocycles. The van der Waals surface area contributed by atoms with Crippen LogP contribution in [0, 0.1) is 20.8 Å². The van der Waals surface area contributed by atoms with E-state index in [1.807, 2.05) is 45.0 Å². The maximum Gasteiger partial charge on any atom is 0.326 e. The van der Waals surface area contributed by atoms with Crippen LogP contribution in [0.4, 0.5) is 0 Å². The molecule has 0 aromatic heterocycles. The summed E-state index contributed by atoms with van der Waals surface area (Å²) in [6, 6.07) is 15.3. The minimum absolute atomic E-state index is 0.0814. The van der Waals surface area contributed by atoms with E-state index < -0.39 is 27.6 Å². The molecule has 2 aliphatic rings. The summed E-state index contributed by atoms with van der Waals surface area (Å²) in [5, 5.41) is 12.4. The van der Waals surface area contributed by atoms with Crippen LogP contribution in [-0.2, 0) is 26.0 Å². The normalized spacial score (nSPS) is 15.7. The van der Waals surface area contributed by atoms with Crippen molar-refractivity contribution in [3.8, 4) is 16.9 Å². The quantitative estimate of drug-likeness (QED) is 0.117. The molecule has 0 fully saturated rings. The van der Waals surface area contributed by atoms with Gasteiger partial charge in [0.1, 0.15) is 17.4 Å². The molecule has 3 aromatic rings. The number of nitrogens with one attached hydrogen (secondary N) is 2. The monoisotopic (exact) mass is 660 g/mol. The number of carbonyl (C=O) groups is 2. The molecule has 0 bridgehead atoms. The molecule has 0 saturated heterocycles. The molecule has 11 heteroatoms. The first kappa shape index (κ1) is 34.0. The summed E-state index contributed by atoms with van der Waals surface area (Å²) in [6.07, 6.45) is 2.49. The molecule has 1 atom stereocenters. The van der Waals surface area contributed by atoms with Gasteiger partial charge < -0.3 is 20.9 Å². The van der Waals surface area contributed by atoms with Crippen molar-refractivity contribution in [1.82, 2.24) is 10.0 Å². The summed E-state index contributed by atoms with van der Waals surface area (Å²) in [4.78, 5) is 29.1. The molecular weight excluding hydrogens is 616 g/mol. The Bertz CT molecular complexity index is 1800. The van der Waals surface area contributed by atoms with Crippen molar-refractivity contribution in [2.75, 3.05) is 6.54 Å². The van der Waals surface area contributed by atoms with Crippen molar-refractivity contribution in [2.24, 2.45) is 10.7 Å². The maximum atomic E-state index is 13.4. The highest BCUT2D eigenvalue weighted by atomic mass is 32.2. The Hall–Kier alpha value is -4.38. The van der Waals surface area contributed by atoms with Gasteiger partial charge in [-0.15, -0.1) is 0 Å². The van der Waals surface area contributed by atoms with Crippen LogP contribution in [0.25, 0.3) is 11.1 Å².